The molecular formula is C13H18N6O2. The van der Waals surface area contributed by atoms with Crippen LogP contribution in [0.1, 0.15) is 23.9 Å². The van der Waals surface area contributed by atoms with Crippen LogP contribution in [0.3, 0.4) is 0 Å². The molecule has 21 heavy (non-hydrogen) atoms. The van der Waals surface area contributed by atoms with Crippen molar-refractivity contribution in [2.75, 3.05) is 23.8 Å². The molecule has 3 rings (SSSR count). The molecule has 4 N–H and O–H groups in total. The van der Waals surface area contributed by atoms with Gasteiger partial charge in [0.15, 0.2) is 0 Å². The number of hydrogen-bond acceptors (Lipinski definition) is 7. The lowest BCUT2D eigenvalue weighted by molar-refractivity contribution is 0.0916. The lowest BCUT2D eigenvalue weighted by atomic mass is 10.2. The molecule has 0 aliphatic carbocycles. The number of aliphatic hydroxyl groups is 2. The minimum atomic E-state index is -0.943. The molecule has 1 unspecified atom stereocenters. The van der Waals surface area contributed by atoms with Gasteiger partial charge in [0, 0.05) is 19.3 Å². The molecule has 1 aliphatic heterocycles. The first-order chi connectivity index (χ1) is 10.2. The number of nitrogens with zero attached hydrogens (tertiary/aromatic N) is 5. The average Bonchev–Trinajstić information content (AvgIpc) is 2.78. The van der Waals surface area contributed by atoms with Gasteiger partial charge in [0.05, 0.1) is 24.5 Å². The topological polar surface area (TPSA) is 113 Å². The summed E-state index contributed by atoms with van der Waals surface area (Å²) in [5.41, 5.74) is 7.15. The van der Waals surface area contributed by atoms with E-state index in [0.29, 0.717) is 24.0 Å². The van der Waals surface area contributed by atoms with Gasteiger partial charge in [-0.1, -0.05) is 0 Å². The molecule has 112 valence electrons. The van der Waals surface area contributed by atoms with Crippen molar-refractivity contribution >= 4 is 11.8 Å². The lowest BCUT2D eigenvalue weighted by Crippen LogP contribution is -2.24. The van der Waals surface area contributed by atoms with Crippen LogP contribution in [-0.2, 0) is 13.1 Å². The van der Waals surface area contributed by atoms with Gasteiger partial charge in [-0.3, -0.25) is 4.68 Å². The zero-order chi connectivity index (χ0) is 14.8. The Balaban J connectivity index is 1.86. The van der Waals surface area contributed by atoms with Gasteiger partial charge in [-0.05, 0) is 18.6 Å². The number of fused-ring (bicyclic) bond motifs is 1. The van der Waals surface area contributed by atoms with Crippen LogP contribution < -0.4 is 10.6 Å². The van der Waals surface area contributed by atoms with Crippen molar-refractivity contribution in [3.05, 3.63) is 29.7 Å². The van der Waals surface area contributed by atoms with Crippen molar-refractivity contribution < 1.29 is 10.2 Å². The van der Waals surface area contributed by atoms with Gasteiger partial charge in [-0.25, -0.2) is 4.98 Å². The predicted molar refractivity (Wildman–Crippen MR) is 76.4 cm³/mol. The van der Waals surface area contributed by atoms with E-state index >= 15 is 0 Å². The number of aliphatic hydroxyl groups excluding tert-OH is 2. The molecule has 8 nitrogen and oxygen atoms in total. The van der Waals surface area contributed by atoms with E-state index in [1.165, 1.54) is 0 Å². The number of hydrogen-bond donors (Lipinski definition) is 3. The van der Waals surface area contributed by atoms with Crippen LogP contribution in [0.4, 0.5) is 11.8 Å². The highest BCUT2D eigenvalue weighted by atomic mass is 16.3. The van der Waals surface area contributed by atoms with E-state index < -0.39 is 6.10 Å². The molecule has 0 spiro atoms. The van der Waals surface area contributed by atoms with E-state index in [0.717, 1.165) is 25.2 Å². The van der Waals surface area contributed by atoms with Gasteiger partial charge < -0.3 is 20.8 Å². The monoisotopic (exact) mass is 290 g/mol. The SMILES string of the molecule is Nc1ccnc(N2CCCn3nc(C(O)CO)cc3C2)n1. The largest absolute Gasteiger partial charge is 0.393 e. The Hall–Kier alpha value is -2.19. The maximum Gasteiger partial charge on any atom is 0.227 e. The van der Waals surface area contributed by atoms with Crippen molar-refractivity contribution in [2.45, 2.75) is 25.6 Å². The predicted octanol–water partition coefficient (Wildman–Crippen LogP) is -0.309. The molecule has 0 saturated heterocycles. The molecule has 0 bridgehead atoms. The van der Waals surface area contributed by atoms with Crippen molar-refractivity contribution in [2.24, 2.45) is 0 Å². The fourth-order valence-corrected chi connectivity index (χ4v) is 2.43. The van der Waals surface area contributed by atoms with E-state index in [2.05, 4.69) is 15.1 Å². The van der Waals surface area contributed by atoms with Gasteiger partial charge in [0.1, 0.15) is 11.9 Å². The number of nitrogens with two attached hydrogens (primary N) is 1. The van der Waals surface area contributed by atoms with Crippen LogP contribution in [0, 0.1) is 0 Å². The summed E-state index contributed by atoms with van der Waals surface area (Å²) in [7, 11) is 0. The molecule has 0 fully saturated rings. The average molecular weight is 290 g/mol. The Labute approximate surface area is 121 Å². The van der Waals surface area contributed by atoms with E-state index in [1.54, 1.807) is 12.3 Å². The quantitative estimate of drug-likeness (QED) is 0.710. The van der Waals surface area contributed by atoms with Gasteiger partial charge in [-0.2, -0.15) is 10.1 Å². The van der Waals surface area contributed by atoms with Crippen LogP contribution in [0.5, 0.6) is 0 Å². The Bertz CT molecular complexity index is 629. The van der Waals surface area contributed by atoms with Gasteiger partial charge in [0.25, 0.3) is 0 Å². The third kappa shape index (κ3) is 2.81. The molecule has 1 aliphatic rings. The van der Waals surface area contributed by atoms with Gasteiger partial charge in [0.2, 0.25) is 5.95 Å². The van der Waals surface area contributed by atoms with Crippen molar-refractivity contribution in [3.8, 4) is 0 Å². The summed E-state index contributed by atoms with van der Waals surface area (Å²) in [6.07, 6.45) is 1.59. The van der Waals surface area contributed by atoms with Crippen LogP contribution in [0.15, 0.2) is 18.3 Å². The van der Waals surface area contributed by atoms with Crippen LogP contribution >= 0.6 is 0 Å². The minimum Gasteiger partial charge on any atom is -0.393 e. The lowest BCUT2D eigenvalue weighted by Gasteiger charge is -2.19. The first kappa shape index (κ1) is 13.8. The third-order valence-corrected chi connectivity index (χ3v) is 3.49. The van der Waals surface area contributed by atoms with Crippen molar-refractivity contribution in [1.29, 1.82) is 0 Å². The smallest absolute Gasteiger partial charge is 0.227 e. The van der Waals surface area contributed by atoms with E-state index in [9.17, 15) is 5.11 Å². The number of rotatable bonds is 3. The summed E-state index contributed by atoms with van der Waals surface area (Å²) < 4.78 is 1.86. The highest BCUT2D eigenvalue weighted by Crippen LogP contribution is 2.20. The summed E-state index contributed by atoms with van der Waals surface area (Å²) in [6, 6.07) is 3.47. The third-order valence-electron chi connectivity index (χ3n) is 3.49. The molecule has 0 saturated carbocycles. The first-order valence-corrected chi connectivity index (χ1v) is 6.86. The first-order valence-electron chi connectivity index (χ1n) is 6.86. The van der Waals surface area contributed by atoms with E-state index in [4.69, 9.17) is 10.8 Å². The molecule has 0 aromatic carbocycles. The summed E-state index contributed by atoms with van der Waals surface area (Å²) in [5, 5.41) is 23.1. The fourth-order valence-electron chi connectivity index (χ4n) is 2.43. The standard InChI is InChI=1S/C13H18N6O2/c14-12-2-3-15-13(16-12)18-4-1-5-19-9(7-18)6-10(17-19)11(21)8-20/h2-3,6,11,20-21H,1,4-5,7-8H2,(H2,14,15,16). The Kier molecular flexibility index (Phi) is 3.72. The Morgan fingerprint density at radius 3 is 3.00 bits per heavy atom. The normalized spacial score (nSPS) is 16.4. The minimum absolute atomic E-state index is 0.335. The fraction of sp³-hybridized carbons (Fsp3) is 0.462. The summed E-state index contributed by atoms with van der Waals surface area (Å²) in [4.78, 5) is 10.5. The second kappa shape index (κ2) is 5.66. The molecule has 3 heterocycles. The molecule has 8 heteroatoms. The highest BCUT2D eigenvalue weighted by Gasteiger charge is 2.20. The maximum atomic E-state index is 9.69. The van der Waals surface area contributed by atoms with Crippen molar-refractivity contribution in [1.82, 2.24) is 19.7 Å². The number of aryl methyl sites for hydroxylation is 1. The molecule has 1 atom stereocenters. The molecular weight excluding hydrogens is 272 g/mol. The summed E-state index contributed by atoms with van der Waals surface area (Å²) in [6.45, 7) is 1.82. The van der Waals surface area contributed by atoms with E-state index in [1.807, 2.05) is 15.6 Å². The van der Waals surface area contributed by atoms with Crippen molar-refractivity contribution in [3.63, 3.8) is 0 Å². The maximum absolute atomic E-state index is 9.69. The Morgan fingerprint density at radius 1 is 1.38 bits per heavy atom. The number of nitrogen functional groups attached to an aromatic ring is 1. The molecule has 0 amide bonds. The van der Waals surface area contributed by atoms with Gasteiger partial charge >= 0.3 is 0 Å². The van der Waals surface area contributed by atoms with Crippen LogP contribution in [0.25, 0.3) is 0 Å². The van der Waals surface area contributed by atoms with E-state index in [-0.39, 0.29) is 6.61 Å². The second-order valence-electron chi connectivity index (χ2n) is 5.04. The number of aromatic nitrogens is 4. The Morgan fingerprint density at radius 2 is 2.24 bits per heavy atom. The highest BCUT2D eigenvalue weighted by molar-refractivity contribution is 5.38. The zero-order valence-electron chi connectivity index (χ0n) is 11.6. The van der Waals surface area contributed by atoms with Crippen LogP contribution in [0.2, 0.25) is 0 Å². The van der Waals surface area contributed by atoms with Gasteiger partial charge in [-0.15, -0.1) is 0 Å². The number of anilines is 2. The van der Waals surface area contributed by atoms with Crippen LogP contribution in [-0.4, -0.2) is 43.1 Å². The summed E-state index contributed by atoms with van der Waals surface area (Å²) >= 11 is 0. The zero-order valence-corrected chi connectivity index (χ0v) is 11.6. The molecule has 0 radical (unpaired) electrons. The molecule has 2 aromatic heterocycles. The molecule has 2 aromatic rings. The summed E-state index contributed by atoms with van der Waals surface area (Å²) in [5.74, 6) is 1.03. The second-order valence-corrected chi connectivity index (χ2v) is 5.04.